The van der Waals surface area contributed by atoms with Crippen LogP contribution in [0.25, 0.3) is 6.08 Å². The normalized spacial score (nSPS) is 11.1. The molecule has 1 amide bonds. The third kappa shape index (κ3) is 5.59. The van der Waals surface area contributed by atoms with Crippen molar-refractivity contribution in [3.8, 4) is 17.6 Å². The Morgan fingerprint density at radius 3 is 2.68 bits per heavy atom. The molecule has 9 heteroatoms. The van der Waals surface area contributed by atoms with E-state index in [1.165, 1.54) is 36.4 Å². The lowest BCUT2D eigenvalue weighted by molar-refractivity contribution is -0.112. The lowest BCUT2D eigenvalue weighted by Gasteiger charge is -2.14. The van der Waals surface area contributed by atoms with E-state index in [-0.39, 0.29) is 40.0 Å². The Kier molecular flexibility index (Phi) is 7.61. The number of anilines is 1. The number of rotatable bonds is 7. The van der Waals surface area contributed by atoms with Gasteiger partial charge in [0.2, 0.25) is 0 Å². The Hall–Kier alpha value is -2.82. The summed E-state index contributed by atoms with van der Waals surface area (Å²) in [7, 11) is 0. The van der Waals surface area contributed by atoms with E-state index in [1.54, 1.807) is 13.0 Å². The fourth-order valence-electron chi connectivity index (χ4n) is 2.22. The van der Waals surface area contributed by atoms with Gasteiger partial charge in [-0.25, -0.2) is 0 Å². The summed E-state index contributed by atoms with van der Waals surface area (Å²) in [6.45, 7) is -1.22. The summed E-state index contributed by atoms with van der Waals surface area (Å²) < 4.78 is 35.4. The van der Waals surface area contributed by atoms with E-state index < -0.39 is 12.5 Å². The number of alkyl halides is 2. The highest BCUT2D eigenvalue weighted by Gasteiger charge is 2.17. The molecule has 0 fully saturated rings. The number of hydrogen-bond donors (Lipinski definition) is 1. The minimum absolute atomic E-state index is 0.0648. The third-order valence-electron chi connectivity index (χ3n) is 3.36. The molecule has 0 spiro atoms. The van der Waals surface area contributed by atoms with Gasteiger partial charge in [-0.15, -0.1) is 0 Å². The molecule has 2 aromatic rings. The van der Waals surface area contributed by atoms with Crippen LogP contribution < -0.4 is 14.8 Å². The molecular formula is C19H14Cl2F2N2O3. The Morgan fingerprint density at radius 1 is 1.32 bits per heavy atom. The van der Waals surface area contributed by atoms with Crippen LogP contribution in [-0.4, -0.2) is 19.1 Å². The molecule has 0 heterocycles. The molecular weight excluding hydrogens is 413 g/mol. The number of nitriles is 1. The zero-order valence-corrected chi connectivity index (χ0v) is 16.0. The van der Waals surface area contributed by atoms with Crippen LogP contribution in [0.2, 0.25) is 10.0 Å². The first kappa shape index (κ1) is 21.5. The smallest absolute Gasteiger partial charge is 0.387 e. The molecule has 0 aliphatic carbocycles. The molecule has 0 aromatic heterocycles. The molecule has 0 atom stereocenters. The summed E-state index contributed by atoms with van der Waals surface area (Å²) in [6, 6.07) is 10.5. The minimum Gasteiger partial charge on any atom is -0.490 e. The topological polar surface area (TPSA) is 71.3 Å². The summed E-state index contributed by atoms with van der Waals surface area (Å²) in [5, 5.41) is 12.4. The zero-order valence-electron chi connectivity index (χ0n) is 14.5. The third-order valence-corrected chi connectivity index (χ3v) is 3.91. The molecule has 146 valence electrons. The average molecular weight is 427 g/mol. The number of hydrogen-bond acceptors (Lipinski definition) is 4. The predicted octanol–water partition coefficient (Wildman–Crippen LogP) is 5.54. The van der Waals surface area contributed by atoms with Crippen molar-refractivity contribution in [3.63, 3.8) is 0 Å². The largest absolute Gasteiger partial charge is 0.490 e. The van der Waals surface area contributed by atoms with Crippen molar-refractivity contribution in [1.82, 2.24) is 0 Å². The van der Waals surface area contributed by atoms with Crippen molar-refractivity contribution in [2.24, 2.45) is 0 Å². The number of benzene rings is 2. The van der Waals surface area contributed by atoms with Gasteiger partial charge in [-0.3, -0.25) is 4.79 Å². The maximum atomic E-state index is 12.8. The summed E-state index contributed by atoms with van der Waals surface area (Å²) in [5.74, 6) is -0.990. The van der Waals surface area contributed by atoms with Crippen molar-refractivity contribution < 1.29 is 23.0 Å². The molecule has 0 saturated carbocycles. The summed E-state index contributed by atoms with van der Waals surface area (Å²) in [6.07, 6.45) is 1.12. The lowest BCUT2D eigenvalue weighted by atomic mass is 10.1. The van der Waals surface area contributed by atoms with Gasteiger partial charge < -0.3 is 14.8 Å². The second kappa shape index (κ2) is 9.93. The summed E-state index contributed by atoms with van der Waals surface area (Å²) in [5.41, 5.74) is -0.0247. The molecule has 2 rings (SSSR count). The highest BCUT2D eigenvalue weighted by atomic mass is 35.5. The first-order valence-corrected chi connectivity index (χ1v) is 8.70. The summed E-state index contributed by atoms with van der Waals surface area (Å²) in [4.78, 5) is 12.4. The number of ether oxygens (including phenoxy) is 2. The number of halogens is 4. The Morgan fingerprint density at radius 2 is 2.07 bits per heavy atom. The minimum atomic E-state index is -3.11. The van der Waals surface area contributed by atoms with Crippen LogP contribution in [0.3, 0.4) is 0 Å². The van der Waals surface area contributed by atoms with Gasteiger partial charge in [-0.05, 0) is 37.3 Å². The van der Waals surface area contributed by atoms with E-state index in [4.69, 9.17) is 27.9 Å². The second-order valence-corrected chi connectivity index (χ2v) is 6.08. The first-order valence-electron chi connectivity index (χ1n) is 7.94. The van der Waals surface area contributed by atoms with Crippen LogP contribution in [0, 0.1) is 11.3 Å². The van der Waals surface area contributed by atoms with E-state index in [9.17, 15) is 18.8 Å². The van der Waals surface area contributed by atoms with Gasteiger partial charge in [0.05, 0.1) is 17.3 Å². The monoisotopic (exact) mass is 426 g/mol. The molecule has 0 saturated heterocycles. The van der Waals surface area contributed by atoms with Crippen molar-refractivity contribution in [3.05, 3.63) is 57.6 Å². The van der Waals surface area contributed by atoms with Crippen molar-refractivity contribution in [1.29, 1.82) is 5.26 Å². The van der Waals surface area contributed by atoms with E-state index in [0.717, 1.165) is 6.08 Å². The van der Waals surface area contributed by atoms with Crippen LogP contribution in [0.5, 0.6) is 11.5 Å². The number of nitrogens with one attached hydrogen (secondary N) is 1. The lowest BCUT2D eigenvalue weighted by Crippen LogP contribution is -2.14. The molecule has 0 unspecified atom stereocenters. The van der Waals surface area contributed by atoms with Crippen LogP contribution in [-0.2, 0) is 4.79 Å². The highest BCUT2D eigenvalue weighted by Crippen LogP contribution is 2.34. The Bertz CT molecular complexity index is 943. The van der Waals surface area contributed by atoms with Crippen LogP contribution in [0.15, 0.2) is 42.0 Å². The molecule has 28 heavy (non-hydrogen) atoms. The number of para-hydroxylation sites is 1. The predicted molar refractivity (Wildman–Crippen MR) is 103 cm³/mol. The quantitative estimate of drug-likeness (QED) is 0.465. The van der Waals surface area contributed by atoms with Crippen molar-refractivity contribution >= 4 is 40.9 Å². The van der Waals surface area contributed by atoms with Crippen molar-refractivity contribution in [2.75, 3.05) is 11.9 Å². The summed E-state index contributed by atoms with van der Waals surface area (Å²) >= 11 is 11.8. The Balaban J connectivity index is 2.39. The van der Waals surface area contributed by atoms with Gasteiger partial charge in [-0.1, -0.05) is 35.3 Å². The molecule has 0 radical (unpaired) electrons. The van der Waals surface area contributed by atoms with E-state index in [2.05, 4.69) is 10.1 Å². The van der Waals surface area contributed by atoms with Gasteiger partial charge in [0.1, 0.15) is 11.6 Å². The molecule has 0 aliphatic rings. The van der Waals surface area contributed by atoms with E-state index in [0.29, 0.717) is 5.02 Å². The SMILES string of the molecule is CCOc1cccc(/C=C(\C#N)C(=O)Nc2ccc(Cl)cc2Cl)c1OC(F)F. The average Bonchev–Trinajstić information content (AvgIpc) is 2.64. The zero-order chi connectivity index (χ0) is 20.7. The van der Waals surface area contributed by atoms with Crippen LogP contribution in [0.4, 0.5) is 14.5 Å². The van der Waals surface area contributed by atoms with Gasteiger partial charge in [0, 0.05) is 10.6 Å². The van der Waals surface area contributed by atoms with Gasteiger partial charge in [-0.2, -0.15) is 14.0 Å². The van der Waals surface area contributed by atoms with Gasteiger partial charge in [0.25, 0.3) is 5.91 Å². The van der Waals surface area contributed by atoms with Gasteiger partial charge in [0.15, 0.2) is 11.5 Å². The maximum Gasteiger partial charge on any atom is 0.387 e. The molecule has 2 aromatic carbocycles. The van der Waals surface area contributed by atoms with Crippen LogP contribution >= 0.6 is 23.2 Å². The number of carbonyl (C=O) groups excluding carboxylic acids is 1. The number of amides is 1. The fraction of sp³-hybridized carbons (Fsp3) is 0.158. The molecule has 1 N–H and O–H groups in total. The fourth-order valence-corrected chi connectivity index (χ4v) is 2.67. The Labute approximate surface area is 170 Å². The number of nitrogens with zero attached hydrogens (tertiary/aromatic N) is 1. The van der Waals surface area contributed by atoms with Crippen molar-refractivity contribution in [2.45, 2.75) is 13.5 Å². The molecule has 5 nitrogen and oxygen atoms in total. The number of carbonyl (C=O) groups is 1. The first-order chi connectivity index (χ1) is 13.3. The second-order valence-electron chi connectivity index (χ2n) is 5.23. The van der Waals surface area contributed by atoms with E-state index in [1.807, 2.05) is 0 Å². The molecule has 0 bridgehead atoms. The molecule has 0 aliphatic heterocycles. The highest BCUT2D eigenvalue weighted by molar-refractivity contribution is 6.36. The van der Waals surface area contributed by atoms with E-state index >= 15 is 0 Å². The maximum absolute atomic E-state index is 12.8. The van der Waals surface area contributed by atoms with Crippen LogP contribution in [0.1, 0.15) is 12.5 Å². The van der Waals surface area contributed by atoms with Gasteiger partial charge >= 0.3 is 6.61 Å². The standard InChI is InChI=1S/C19H14Cl2F2N2O3/c1-2-27-16-5-3-4-11(17(16)28-19(22)23)8-12(10-24)18(26)25-15-7-6-13(20)9-14(15)21/h3-9,19H,2H2,1H3,(H,25,26)/b12-8+.